The van der Waals surface area contributed by atoms with Crippen LogP contribution in [0.25, 0.3) is 0 Å². The van der Waals surface area contributed by atoms with Gasteiger partial charge in [-0.1, -0.05) is 37.5 Å². The fraction of sp³-hybridized carbons (Fsp3) is 0.406. The fourth-order valence-electron chi connectivity index (χ4n) is 6.10. The zero-order chi connectivity index (χ0) is 29.1. The van der Waals surface area contributed by atoms with Crippen molar-refractivity contribution in [2.24, 2.45) is 7.05 Å². The van der Waals surface area contributed by atoms with Crippen LogP contribution in [0.3, 0.4) is 0 Å². The van der Waals surface area contributed by atoms with E-state index in [-0.39, 0.29) is 28.7 Å². The molecule has 3 aromatic rings. The molecule has 1 saturated heterocycles. The maximum Gasteiger partial charge on any atom is 0.416 e. The number of hydrogen-bond acceptors (Lipinski definition) is 3. The van der Waals surface area contributed by atoms with Gasteiger partial charge in [-0.2, -0.15) is 13.2 Å². The van der Waals surface area contributed by atoms with E-state index in [4.69, 9.17) is 0 Å². The molecule has 5 rings (SSSR count). The Kier molecular flexibility index (Phi) is 8.33. The SMILES string of the molecule is Cn1ccc(=O)cc1C(=O)N1CCC(c2ccc(NC(=O)c3ccc(C4CCCCC4)c(C(F)(F)F)c3)cc2)CC1. The van der Waals surface area contributed by atoms with Crippen molar-refractivity contribution in [1.29, 1.82) is 0 Å². The highest BCUT2D eigenvalue weighted by molar-refractivity contribution is 6.04. The first-order chi connectivity index (χ1) is 19.6. The second-order valence-electron chi connectivity index (χ2n) is 11.1. The summed E-state index contributed by atoms with van der Waals surface area (Å²) in [5.74, 6) is -0.644. The molecular weight excluding hydrogens is 531 g/mol. The van der Waals surface area contributed by atoms with E-state index < -0.39 is 17.6 Å². The van der Waals surface area contributed by atoms with Crippen LogP contribution >= 0.6 is 0 Å². The Morgan fingerprint density at radius 2 is 1.54 bits per heavy atom. The van der Waals surface area contributed by atoms with Crippen molar-refractivity contribution in [3.05, 3.63) is 99.0 Å². The Morgan fingerprint density at radius 1 is 0.854 bits per heavy atom. The third-order valence-corrected chi connectivity index (χ3v) is 8.43. The molecule has 0 spiro atoms. The molecule has 2 amide bonds. The van der Waals surface area contributed by atoms with Crippen molar-refractivity contribution >= 4 is 17.5 Å². The summed E-state index contributed by atoms with van der Waals surface area (Å²) < 4.78 is 43.4. The van der Waals surface area contributed by atoms with Crippen LogP contribution in [0, 0.1) is 0 Å². The molecule has 2 heterocycles. The Labute approximate surface area is 237 Å². The van der Waals surface area contributed by atoms with Crippen LogP contribution in [0.2, 0.25) is 0 Å². The van der Waals surface area contributed by atoms with Crippen molar-refractivity contribution in [2.75, 3.05) is 18.4 Å². The van der Waals surface area contributed by atoms with Crippen molar-refractivity contribution < 1.29 is 22.8 Å². The Balaban J connectivity index is 1.21. The lowest BCUT2D eigenvalue weighted by molar-refractivity contribution is -0.138. The predicted octanol–water partition coefficient (Wildman–Crippen LogP) is 6.72. The number of hydrogen-bond donors (Lipinski definition) is 1. The molecular formula is C32H34F3N3O3. The zero-order valence-electron chi connectivity index (χ0n) is 23.0. The van der Waals surface area contributed by atoms with E-state index in [1.165, 1.54) is 24.3 Å². The third-order valence-electron chi connectivity index (χ3n) is 8.43. The average molecular weight is 566 g/mol. The minimum Gasteiger partial charge on any atom is -0.346 e. The van der Waals surface area contributed by atoms with Gasteiger partial charge in [0.1, 0.15) is 5.69 Å². The summed E-state index contributed by atoms with van der Waals surface area (Å²) in [5, 5.41) is 2.73. The maximum absolute atomic E-state index is 13.9. The van der Waals surface area contributed by atoms with Crippen LogP contribution < -0.4 is 10.7 Å². The van der Waals surface area contributed by atoms with Crippen LogP contribution in [0.1, 0.15) is 94.3 Å². The van der Waals surface area contributed by atoms with Gasteiger partial charge in [-0.05, 0) is 72.9 Å². The van der Waals surface area contributed by atoms with Crippen molar-refractivity contribution in [1.82, 2.24) is 9.47 Å². The molecule has 2 fully saturated rings. The van der Waals surface area contributed by atoms with E-state index in [1.807, 2.05) is 12.1 Å². The van der Waals surface area contributed by atoms with Gasteiger partial charge in [0.25, 0.3) is 11.8 Å². The number of aryl methyl sites for hydroxylation is 1. The smallest absolute Gasteiger partial charge is 0.346 e. The topological polar surface area (TPSA) is 71.4 Å². The van der Waals surface area contributed by atoms with Crippen LogP contribution in [-0.2, 0) is 13.2 Å². The van der Waals surface area contributed by atoms with Gasteiger partial charge in [0, 0.05) is 49.7 Å². The van der Waals surface area contributed by atoms with Crippen LogP contribution in [0.5, 0.6) is 0 Å². The van der Waals surface area contributed by atoms with Gasteiger partial charge in [-0.3, -0.25) is 14.4 Å². The van der Waals surface area contributed by atoms with E-state index >= 15 is 0 Å². The fourth-order valence-corrected chi connectivity index (χ4v) is 6.10. The van der Waals surface area contributed by atoms with Gasteiger partial charge in [0.15, 0.2) is 5.43 Å². The molecule has 1 aromatic heterocycles. The highest BCUT2D eigenvalue weighted by Gasteiger charge is 2.36. The molecule has 2 aromatic carbocycles. The van der Waals surface area contributed by atoms with Crippen molar-refractivity contribution in [2.45, 2.75) is 63.0 Å². The van der Waals surface area contributed by atoms with Crippen LogP contribution in [0.4, 0.5) is 18.9 Å². The number of nitrogens with one attached hydrogen (secondary N) is 1. The van der Waals surface area contributed by atoms with Gasteiger partial charge >= 0.3 is 6.18 Å². The number of rotatable bonds is 5. The summed E-state index contributed by atoms with van der Waals surface area (Å²) in [6, 6.07) is 14.1. The Bertz CT molecular complexity index is 1470. The van der Waals surface area contributed by atoms with E-state index in [0.29, 0.717) is 30.0 Å². The molecule has 0 atom stereocenters. The lowest BCUT2D eigenvalue weighted by atomic mass is 9.81. The Hall–Kier alpha value is -3.88. The van der Waals surface area contributed by atoms with Gasteiger partial charge in [-0.25, -0.2) is 0 Å². The molecule has 0 radical (unpaired) electrons. The number of pyridine rings is 1. The Morgan fingerprint density at radius 3 is 2.20 bits per heavy atom. The standard InChI is InChI=1S/C32H34F3N3O3/c1-37-16-15-26(39)20-29(37)31(41)38-17-13-22(14-18-38)21-7-10-25(11-8-21)36-30(40)24-9-12-27(23-5-3-2-4-6-23)28(19-24)32(33,34)35/h7-12,15-16,19-20,22-23H,2-6,13-14,17-18H2,1H3,(H,36,40). The normalized spacial score (nSPS) is 16.9. The predicted molar refractivity (Wildman–Crippen MR) is 151 cm³/mol. The van der Waals surface area contributed by atoms with Gasteiger partial charge in [-0.15, -0.1) is 0 Å². The summed E-state index contributed by atoms with van der Waals surface area (Å²) in [4.78, 5) is 39.3. The number of aromatic nitrogens is 1. The van der Waals surface area contributed by atoms with E-state index in [2.05, 4.69) is 5.32 Å². The summed E-state index contributed by atoms with van der Waals surface area (Å²) in [6.45, 7) is 1.12. The number of carbonyl (C=O) groups excluding carboxylic acids is 2. The number of carbonyl (C=O) groups is 2. The van der Waals surface area contributed by atoms with Gasteiger partial charge in [0.2, 0.25) is 0 Å². The monoisotopic (exact) mass is 565 g/mol. The molecule has 1 N–H and O–H groups in total. The summed E-state index contributed by atoms with van der Waals surface area (Å²) in [6.07, 6.45) is 2.95. The average Bonchev–Trinajstić information content (AvgIpc) is 2.98. The molecule has 2 aliphatic rings. The van der Waals surface area contributed by atoms with Gasteiger partial charge < -0.3 is 14.8 Å². The lowest BCUT2D eigenvalue weighted by Gasteiger charge is -2.32. The highest BCUT2D eigenvalue weighted by atomic mass is 19.4. The van der Waals surface area contributed by atoms with Crippen molar-refractivity contribution in [3.63, 3.8) is 0 Å². The molecule has 216 valence electrons. The number of benzene rings is 2. The molecule has 1 aliphatic heterocycles. The number of anilines is 1. The molecule has 1 aliphatic carbocycles. The van der Waals surface area contributed by atoms with E-state index in [0.717, 1.165) is 56.6 Å². The van der Waals surface area contributed by atoms with Gasteiger partial charge in [0.05, 0.1) is 5.56 Å². The minimum absolute atomic E-state index is 0.0195. The highest BCUT2D eigenvalue weighted by Crippen LogP contribution is 2.41. The van der Waals surface area contributed by atoms with E-state index in [1.54, 1.807) is 34.8 Å². The molecule has 0 bridgehead atoms. The first-order valence-corrected chi connectivity index (χ1v) is 14.2. The number of amides is 2. The number of piperidine rings is 1. The number of alkyl halides is 3. The molecule has 9 heteroatoms. The van der Waals surface area contributed by atoms with Crippen molar-refractivity contribution in [3.8, 4) is 0 Å². The largest absolute Gasteiger partial charge is 0.416 e. The minimum atomic E-state index is -4.53. The molecule has 1 saturated carbocycles. The molecule has 6 nitrogen and oxygen atoms in total. The number of halogens is 3. The number of likely N-dealkylation sites (tertiary alicyclic amines) is 1. The summed E-state index contributed by atoms with van der Waals surface area (Å²) in [5.41, 5.74) is 1.28. The number of nitrogens with zero attached hydrogens (tertiary/aromatic N) is 2. The summed E-state index contributed by atoms with van der Waals surface area (Å²) >= 11 is 0. The first kappa shape index (κ1) is 28.6. The third kappa shape index (κ3) is 6.55. The maximum atomic E-state index is 13.9. The van der Waals surface area contributed by atoms with E-state index in [9.17, 15) is 27.6 Å². The van der Waals surface area contributed by atoms with Crippen LogP contribution in [0.15, 0.2) is 65.6 Å². The zero-order valence-corrected chi connectivity index (χ0v) is 23.0. The molecule has 0 unspecified atom stereocenters. The second-order valence-corrected chi connectivity index (χ2v) is 11.1. The quantitative estimate of drug-likeness (QED) is 0.373. The first-order valence-electron chi connectivity index (χ1n) is 14.2. The molecule has 41 heavy (non-hydrogen) atoms. The summed E-state index contributed by atoms with van der Waals surface area (Å²) in [7, 11) is 1.74. The van der Waals surface area contributed by atoms with Crippen LogP contribution in [-0.4, -0.2) is 34.4 Å². The second kappa shape index (κ2) is 11.9. The lowest BCUT2D eigenvalue weighted by Crippen LogP contribution is -2.39.